The van der Waals surface area contributed by atoms with Crippen LogP contribution in [0.15, 0.2) is 48.5 Å². The van der Waals surface area contributed by atoms with Crippen molar-refractivity contribution in [1.82, 2.24) is 4.90 Å². The van der Waals surface area contributed by atoms with Gasteiger partial charge in [-0.3, -0.25) is 14.9 Å². The third-order valence-corrected chi connectivity index (χ3v) is 3.53. The van der Waals surface area contributed by atoms with Crippen LogP contribution in [0, 0.1) is 10.1 Å². The molecule has 26 heavy (non-hydrogen) atoms. The van der Waals surface area contributed by atoms with Crippen LogP contribution in [-0.4, -0.2) is 29.1 Å². The van der Waals surface area contributed by atoms with E-state index in [1.807, 2.05) is 0 Å². The fraction of sp³-hybridized carbons (Fsp3) is 0.235. The van der Waals surface area contributed by atoms with Gasteiger partial charge in [0.25, 0.3) is 5.69 Å². The molecule has 0 N–H and O–H groups in total. The van der Waals surface area contributed by atoms with E-state index in [1.165, 1.54) is 54.4 Å². The van der Waals surface area contributed by atoms with Crippen molar-refractivity contribution in [3.63, 3.8) is 0 Å². The van der Waals surface area contributed by atoms with E-state index in [1.54, 1.807) is 6.07 Å². The monoisotopic (exact) mass is 368 g/mol. The van der Waals surface area contributed by atoms with E-state index in [0.29, 0.717) is 5.56 Å². The molecule has 0 atom stereocenters. The Hall–Kier alpha value is -3.10. The number of nitro groups is 1. The Bertz CT molecular complexity index is 791. The lowest BCUT2D eigenvalue weighted by Crippen LogP contribution is -2.28. The topological polar surface area (TPSA) is 72.7 Å². The Morgan fingerprint density at radius 2 is 1.77 bits per heavy atom. The number of para-hydroxylation sites is 1. The summed E-state index contributed by atoms with van der Waals surface area (Å²) in [6.45, 7) is -0.0714. The van der Waals surface area contributed by atoms with E-state index < -0.39 is 11.3 Å². The fourth-order valence-electron chi connectivity index (χ4n) is 2.25. The average molecular weight is 368 g/mol. The molecule has 138 valence electrons. The minimum atomic E-state index is -4.82. The van der Waals surface area contributed by atoms with Gasteiger partial charge in [0, 0.05) is 31.3 Å². The maximum atomic E-state index is 12.4. The van der Waals surface area contributed by atoms with Crippen molar-refractivity contribution in [1.29, 1.82) is 0 Å². The summed E-state index contributed by atoms with van der Waals surface area (Å²) in [5, 5.41) is 10.6. The molecule has 0 spiro atoms. The second kappa shape index (κ2) is 7.85. The van der Waals surface area contributed by atoms with Crippen molar-refractivity contribution in [3.8, 4) is 5.75 Å². The fourth-order valence-corrected chi connectivity index (χ4v) is 2.25. The predicted molar refractivity (Wildman–Crippen MR) is 86.4 cm³/mol. The number of carbonyl (C=O) groups excluding carboxylic acids is 1. The molecule has 0 aliphatic carbocycles. The number of halogens is 3. The minimum absolute atomic E-state index is 0.0310. The van der Waals surface area contributed by atoms with Crippen LogP contribution in [0.5, 0.6) is 5.75 Å². The van der Waals surface area contributed by atoms with Gasteiger partial charge in [0.15, 0.2) is 0 Å². The maximum Gasteiger partial charge on any atom is 0.573 e. The molecule has 0 bridgehead atoms. The highest BCUT2D eigenvalue weighted by molar-refractivity contribution is 5.78. The van der Waals surface area contributed by atoms with Gasteiger partial charge in [0.05, 0.1) is 11.3 Å². The van der Waals surface area contributed by atoms with Crippen LogP contribution in [-0.2, 0) is 17.8 Å². The van der Waals surface area contributed by atoms with E-state index in [4.69, 9.17) is 0 Å². The van der Waals surface area contributed by atoms with Gasteiger partial charge < -0.3 is 9.64 Å². The average Bonchev–Trinajstić information content (AvgIpc) is 2.55. The molecule has 0 fully saturated rings. The summed E-state index contributed by atoms with van der Waals surface area (Å²) in [4.78, 5) is 23.6. The van der Waals surface area contributed by atoms with Gasteiger partial charge in [0.2, 0.25) is 5.91 Å². The summed E-state index contributed by atoms with van der Waals surface area (Å²) in [5.41, 5.74) is 0.685. The third-order valence-electron chi connectivity index (χ3n) is 3.53. The van der Waals surface area contributed by atoms with Crippen LogP contribution in [0.3, 0.4) is 0 Å². The minimum Gasteiger partial charge on any atom is -0.405 e. The second-order valence-corrected chi connectivity index (χ2v) is 5.51. The Morgan fingerprint density at radius 1 is 1.15 bits per heavy atom. The van der Waals surface area contributed by atoms with E-state index in [-0.39, 0.29) is 35.9 Å². The zero-order valence-electron chi connectivity index (χ0n) is 13.7. The SMILES string of the molecule is CN(Cc1ccccc1OC(F)(F)F)C(=O)Cc1ccc([N+](=O)[O-])cc1. The first kappa shape index (κ1) is 19.2. The van der Waals surface area contributed by atoms with Gasteiger partial charge in [-0.2, -0.15) is 0 Å². The van der Waals surface area contributed by atoms with Crippen molar-refractivity contribution in [2.45, 2.75) is 19.3 Å². The number of non-ortho nitro benzene ring substituents is 1. The zero-order valence-corrected chi connectivity index (χ0v) is 13.7. The summed E-state index contributed by atoms with van der Waals surface area (Å²) < 4.78 is 41.3. The first-order chi connectivity index (χ1) is 12.2. The molecule has 6 nitrogen and oxygen atoms in total. The molecule has 0 aliphatic rings. The predicted octanol–water partition coefficient (Wildman–Crippen LogP) is 3.69. The Balaban J connectivity index is 2.04. The van der Waals surface area contributed by atoms with Crippen LogP contribution in [0.2, 0.25) is 0 Å². The van der Waals surface area contributed by atoms with E-state index in [2.05, 4.69) is 4.74 Å². The molecule has 0 saturated carbocycles. The number of carbonyl (C=O) groups is 1. The lowest BCUT2D eigenvalue weighted by molar-refractivity contribution is -0.384. The largest absolute Gasteiger partial charge is 0.573 e. The summed E-state index contributed by atoms with van der Waals surface area (Å²) >= 11 is 0. The van der Waals surface area contributed by atoms with Gasteiger partial charge in [-0.05, 0) is 11.6 Å². The number of ether oxygens (including phenoxy) is 1. The van der Waals surface area contributed by atoms with Gasteiger partial charge in [-0.15, -0.1) is 13.2 Å². The molecule has 9 heteroatoms. The molecular weight excluding hydrogens is 353 g/mol. The van der Waals surface area contributed by atoms with Crippen molar-refractivity contribution in [2.24, 2.45) is 0 Å². The van der Waals surface area contributed by atoms with Gasteiger partial charge in [0.1, 0.15) is 5.75 Å². The number of likely N-dealkylation sites (N-methyl/N-ethyl adjacent to an activating group) is 1. The Kier molecular flexibility index (Phi) is 5.81. The van der Waals surface area contributed by atoms with Crippen molar-refractivity contribution < 1.29 is 27.6 Å². The summed E-state index contributed by atoms with van der Waals surface area (Å²) in [6.07, 6.45) is -4.85. The molecule has 2 aromatic rings. The van der Waals surface area contributed by atoms with Crippen LogP contribution in [0.4, 0.5) is 18.9 Å². The summed E-state index contributed by atoms with van der Waals surface area (Å²) in [6, 6.07) is 11.1. The quantitative estimate of drug-likeness (QED) is 0.576. The number of amides is 1. The molecule has 0 saturated heterocycles. The molecule has 0 aromatic heterocycles. The molecular formula is C17H15F3N2O4. The number of rotatable bonds is 6. The van der Waals surface area contributed by atoms with Gasteiger partial charge in [-0.1, -0.05) is 30.3 Å². The van der Waals surface area contributed by atoms with Gasteiger partial charge >= 0.3 is 6.36 Å². The van der Waals surface area contributed by atoms with Crippen LogP contribution in [0.1, 0.15) is 11.1 Å². The first-order valence-corrected chi connectivity index (χ1v) is 7.46. The van der Waals surface area contributed by atoms with E-state index >= 15 is 0 Å². The van der Waals surface area contributed by atoms with Crippen LogP contribution < -0.4 is 4.74 Å². The molecule has 2 rings (SSSR count). The number of benzene rings is 2. The summed E-state index contributed by atoms with van der Waals surface area (Å²) in [5.74, 6) is -0.712. The standard InChI is InChI=1S/C17H15F3N2O4/c1-21(11-13-4-2-3-5-15(13)26-17(18,19)20)16(23)10-12-6-8-14(9-7-12)22(24)25/h2-9H,10-11H2,1H3. The highest BCUT2D eigenvalue weighted by atomic mass is 19.4. The second-order valence-electron chi connectivity index (χ2n) is 5.51. The van der Waals surface area contributed by atoms with Crippen molar-refractivity contribution in [2.75, 3.05) is 7.05 Å². The number of hydrogen-bond acceptors (Lipinski definition) is 4. The first-order valence-electron chi connectivity index (χ1n) is 7.46. The maximum absolute atomic E-state index is 12.4. The van der Waals surface area contributed by atoms with E-state index in [0.717, 1.165) is 0 Å². The Labute approximate surface area is 146 Å². The number of nitro benzene ring substituents is 1. The molecule has 2 aromatic carbocycles. The molecule has 0 unspecified atom stereocenters. The lowest BCUT2D eigenvalue weighted by Gasteiger charge is -2.20. The van der Waals surface area contributed by atoms with Crippen LogP contribution in [0.25, 0.3) is 0 Å². The number of nitrogens with zero attached hydrogens (tertiary/aromatic N) is 2. The zero-order chi connectivity index (χ0) is 19.3. The lowest BCUT2D eigenvalue weighted by atomic mass is 10.1. The highest BCUT2D eigenvalue weighted by Crippen LogP contribution is 2.27. The van der Waals surface area contributed by atoms with Crippen LogP contribution >= 0.6 is 0 Å². The Morgan fingerprint density at radius 3 is 2.35 bits per heavy atom. The highest BCUT2D eigenvalue weighted by Gasteiger charge is 2.32. The number of hydrogen-bond donors (Lipinski definition) is 0. The normalized spacial score (nSPS) is 11.1. The molecule has 0 radical (unpaired) electrons. The van der Waals surface area contributed by atoms with Gasteiger partial charge in [-0.25, -0.2) is 0 Å². The van der Waals surface area contributed by atoms with Crippen molar-refractivity contribution >= 4 is 11.6 Å². The molecule has 0 aliphatic heterocycles. The third kappa shape index (κ3) is 5.47. The number of alkyl halides is 3. The summed E-state index contributed by atoms with van der Waals surface area (Å²) in [7, 11) is 1.46. The smallest absolute Gasteiger partial charge is 0.405 e. The van der Waals surface area contributed by atoms with Crippen molar-refractivity contribution in [3.05, 3.63) is 69.8 Å². The van der Waals surface area contributed by atoms with E-state index in [9.17, 15) is 28.1 Å². The molecule has 0 heterocycles. The molecule has 1 amide bonds.